The summed E-state index contributed by atoms with van der Waals surface area (Å²) < 4.78 is 2.13. The Hall–Kier alpha value is -3.28. The molecule has 0 unspecified atom stereocenters. The number of aromatic nitrogens is 6. The van der Waals surface area contributed by atoms with E-state index in [1.54, 1.807) is 0 Å². The van der Waals surface area contributed by atoms with E-state index in [1.807, 2.05) is 30.7 Å². The zero-order chi connectivity index (χ0) is 16.4. The first-order valence-corrected chi connectivity index (χ1v) is 7.70. The van der Waals surface area contributed by atoms with Crippen LogP contribution in [0.4, 0.5) is 0 Å². The summed E-state index contributed by atoms with van der Waals surface area (Å²) in [6.45, 7) is 2.88. The summed E-state index contributed by atoms with van der Waals surface area (Å²) in [5.74, 6) is 0.601. The smallest absolute Gasteiger partial charge is 0.205 e. The number of H-pyrrole nitrogens is 1. The molecule has 6 heteroatoms. The maximum absolute atomic E-state index is 4.16. The van der Waals surface area contributed by atoms with Crippen LogP contribution in [0.25, 0.3) is 22.5 Å². The van der Waals surface area contributed by atoms with Crippen molar-refractivity contribution in [3.05, 3.63) is 72.3 Å². The summed E-state index contributed by atoms with van der Waals surface area (Å²) in [6, 6.07) is 16.6. The van der Waals surface area contributed by atoms with Crippen molar-refractivity contribution in [2.24, 2.45) is 0 Å². The van der Waals surface area contributed by atoms with E-state index < -0.39 is 0 Å². The van der Waals surface area contributed by atoms with Crippen LogP contribution in [0, 0.1) is 6.92 Å². The van der Waals surface area contributed by atoms with E-state index >= 15 is 0 Å². The predicted octanol–water partition coefficient (Wildman–Crippen LogP) is 3.09. The van der Waals surface area contributed by atoms with E-state index in [2.05, 4.69) is 67.4 Å². The van der Waals surface area contributed by atoms with Crippen molar-refractivity contribution in [1.82, 2.24) is 30.2 Å². The van der Waals surface area contributed by atoms with Crippen LogP contribution in [0.5, 0.6) is 0 Å². The Morgan fingerprint density at radius 2 is 1.79 bits per heavy atom. The van der Waals surface area contributed by atoms with Crippen molar-refractivity contribution in [1.29, 1.82) is 0 Å². The van der Waals surface area contributed by atoms with Crippen molar-refractivity contribution in [2.75, 3.05) is 0 Å². The lowest BCUT2D eigenvalue weighted by molar-refractivity contribution is 0.770. The Balaban J connectivity index is 1.65. The Bertz CT molecular complexity index is 938. The number of nitrogens with one attached hydrogen (secondary N) is 1. The van der Waals surface area contributed by atoms with Crippen LogP contribution in [0.3, 0.4) is 0 Å². The minimum Gasteiger partial charge on any atom is -0.330 e. The van der Waals surface area contributed by atoms with Gasteiger partial charge in [0.25, 0.3) is 0 Å². The molecule has 0 atom stereocenters. The van der Waals surface area contributed by atoms with Gasteiger partial charge < -0.3 is 4.57 Å². The van der Waals surface area contributed by atoms with Gasteiger partial charge in [-0.15, -0.1) is 10.2 Å². The highest BCUT2D eigenvalue weighted by atomic mass is 15.5. The fourth-order valence-corrected chi connectivity index (χ4v) is 2.74. The lowest BCUT2D eigenvalue weighted by atomic mass is 9.98. The third-order valence-corrected chi connectivity index (χ3v) is 4.05. The van der Waals surface area contributed by atoms with E-state index in [4.69, 9.17) is 0 Å². The number of nitrogens with zero attached hydrogens (tertiary/aromatic N) is 5. The zero-order valence-corrected chi connectivity index (χ0v) is 13.2. The molecule has 6 nitrogen and oxygen atoms in total. The van der Waals surface area contributed by atoms with Gasteiger partial charge in [0.1, 0.15) is 0 Å². The molecule has 0 aliphatic rings. The maximum Gasteiger partial charge on any atom is 0.205 e. The van der Waals surface area contributed by atoms with E-state index in [9.17, 15) is 0 Å². The van der Waals surface area contributed by atoms with Gasteiger partial charge in [0.05, 0.1) is 6.33 Å². The molecule has 4 aromatic rings. The Morgan fingerprint density at radius 1 is 1.00 bits per heavy atom. The molecule has 1 N–H and O–H groups in total. The minimum atomic E-state index is 0.601. The second-order valence-corrected chi connectivity index (χ2v) is 5.64. The molecule has 0 saturated carbocycles. The summed E-state index contributed by atoms with van der Waals surface area (Å²) in [6.07, 6.45) is 3.73. The van der Waals surface area contributed by atoms with Crippen molar-refractivity contribution in [3.8, 4) is 22.5 Å². The second-order valence-electron chi connectivity index (χ2n) is 5.64. The number of imidazole rings is 1. The van der Waals surface area contributed by atoms with Gasteiger partial charge in [-0.1, -0.05) is 48.5 Å². The van der Waals surface area contributed by atoms with Crippen molar-refractivity contribution >= 4 is 0 Å². The molecule has 0 radical (unpaired) electrons. The van der Waals surface area contributed by atoms with E-state index in [1.165, 1.54) is 5.56 Å². The first kappa shape index (κ1) is 14.3. The Kier molecular flexibility index (Phi) is 3.63. The average molecular weight is 316 g/mol. The SMILES string of the molecule is Cc1cncn1Cc1ccc(-c2ccccc2-c2nn[nH]n2)cc1. The van der Waals surface area contributed by atoms with Gasteiger partial charge in [-0.05, 0) is 28.8 Å². The van der Waals surface area contributed by atoms with Gasteiger partial charge in [0.2, 0.25) is 5.82 Å². The molecule has 24 heavy (non-hydrogen) atoms. The summed E-state index contributed by atoms with van der Waals surface area (Å²) in [5, 5.41) is 14.3. The number of tetrazole rings is 1. The van der Waals surface area contributed by atoms with Gasteiger partial charge >= 0.3 is 0 Å². The van der Waals surface area contributed by atoms with E-state index in [0.29, 0.717) is 5.82 Å². The zero-order valence-electron chi connectivity index (χ0n) is 13.2. The van der Waals surface area contributed by atoms with Crippen molar-refractivity contribution in [3.63, 3.8) is 0 Å². The summed E-state index contributed by atoms with van der Waals surface area (Å²) in [5.41, 5.74) is 5.56. The number of aromatic amines is 1. The van der Waals surface area contributed by atoms with Gasteiger partial charge in [0, 0.05) is 24.0 Å². The first-order chi connectivity index (χ1) is 11.8. The third kappa shape index (κ3) is 2.69. The summed E-state index contributed by atoms with van der Waals surface area (Å²) >= 11 is 0. The largest absolute Gasteiger partial charge is 0.330 e. The summed E-state index contributed by atoms with van der Waals surface area (Å²) in [4.78, 5) is 4.16. The third-order valence-electron chi connectivity index (χ3n) is 4.05. The molecular weight excluding hydrogens is 300 g/mol. The number of hydrogen-bond donors (Lipinski definition) is 1. The van der Waals surface area contributed by atoms with E-state index in [-0.39, 0.29) is 0 Å². The normalized spacial score (nSPS) is 10.9. The Labute approximate surface area is 139 Å². The van der Waals surface area contributed by atoms with E-state index in [0.717, 1.165) is 28.9 Å². The van der Waals surface area contributed by atoms with Crippen LogP contribution in [0.2, 0.25) is 0 Å². The highest BCUT2D eigenvalue weighted by Gasteiger charge is 2.10. The molecule has 2 aromatic carbocycles. The molecule has 0 aliphatic heterocycles. The quantitative estimate of drug-likeness (QED) is 0.628. The van der Waals surface area contributed by atoms with Gasteiger partial charge in [-0.25, -0.2) is 4.98 Å². The average Bonchev–Trinajstić information content (AvgIpc) is 3.28. The second kappa shape index (κ2) is 6.08. The molecular formula is C18H16N6. The monoisotopic (exact) mass is 316 g/mol. The molecule has 0 bridgehead atoms. The van der Waals surface area contributed by atoms with Crippen LogP contribution in [0.1, 0.15) is 11.3 Å². The maximum atomic E-state index is 4.16. The Morgan fingerprint density at radius 3 is 2.46 bits per heavy atom. The number of hydrogen-bond acceptors (Lipinski definition) is 4. The lowest BCUT2D eigenvalue weighted by Crippen LogP contribution is -1.99. The van der Waals surface area contributed by atoms with Crippen LogP contribution in [0.15, 0.2) is 61.1 Å². The fraction of sp³-hybridized carbons (Fsp3) is 0.111. The van der Waals surface area contributed by atoms with Crippen LogP contribution in [-0.4, -0.2) is 30.2 Å². The predicted molar refractivity (Wildman–Crippen MR) is 91.1 cm³/mol. The number of benzene rings is 2. The van der Waals surface area contributed by atoms with Gasteiger partial charge in [-0.2, -0.15) is 5.21 Å². The van der Waals surface area contributed by atoms with Crippen LogP contribution in [-0.2, 0) is 6.54 Å². The lowest BCUT2D eigenvalue weighted by Gasteiger charge is -2.09. The van der Waals surface area contributed by atoms with Gasteiger partial charge in [-0.3, -0.25) is 0 Å². The van der Waals surface area contributed by atoms with Gasteiger partial charge in [0.15, 0.2) is 0 Å². The molecule has 2 aromatic heterocycles. The first-order valence-electron chi connectivity index (χ1n) is 7.70. The fourth-order valence-electron chi connectivity index (χ4n) is 2.74. The standard InChI is InChI=1S/C18H16N6/c1-13-10-19-12-24(13)11-14-6-8-15(9-7-14)16-4-2-3-5-17(16)18-20-22-23-21-18/h2-10,12H,11H2,1H3,(H,20,21,22,23). The molecule has 118 valence electrons. The molecule has 0 fully saturated rings. The molecule has 0 aliphatic carbocycles. The highest BCUT2D eigenvalue weighted by molar-refractivity contribution is 5.80. The molecule has 2 heterocycles. The summed E-state index contributed by atoms with van der Waals surface area (Å²) in [7, 11) is 0. The minimum absolute atomic E-state index is 0.601. The number of aryl methyl sites for hydroxylation is 1. The highest BCUT2D eigenvalue weighted by Crippen LogP contribution is 2.29. The van der Waals surface area contributed by atoms with Crippen LogP contribution >= 0.6 is 0 Å². The molecule has 0 saturated heterocycles. The molecule has 4 rings (SSSR count). The molecule has 0 amide bonds. The van der Waals surface area contributed by atoms with Crippen molar-refractivity contribution in [2.45, 2.75) is 13.5 Å². The number of rotatable bonds is 4. The topological polar surface area (TPSA) is 72.3 Å². The molecule has 0 spiro atoms. The van der Waals surface area contributed by atoms with Crippen molar-refractivity contribution < 1.29 is 0 Å². The van der Waals surface area contributed by atoms with Crippen LogP contribution < -0.4 is 0 Å².